The van der Waals surface area contributed by atoms with Crippen LogP contribution in [0.5, 0.6) is 5.75 Å². The first-order chi connectivity index (χ1) is 13.1. The molecular formula is C22H33N3O2. The molecule has 2 aromatic rings. The molecule has 4 heterocycles. The van der Waals surface area contributed by atoms with Gasteiger partial charge < -0.3 is 15.2 Å². The number of aliphatic hydroxyl groups is 1. The number of rotatable bonds is 4. The van der Waals surface area contributed by atoms with E-state index in [-0.39, 0.29) is 6.04 Å². The second kappa shape index (κ2) is 9.00. The van der Waals surface area contributed by atoms with Gasteiger partial charge in [-0.1, -0.05) is 13.3 Å². The van der Waals surface area contributed by atoms with Gasteiger partial charge in [-0.25, -0.2) is 0 Å². The number of ether oxygens (including phenoxy) is 1. The molecule has 0 unspecified atom stereocenters. The van der Waals surface area contributed by atoms with E-state index in [1.54, 1.807) is 13.3 Å². The SMILES string of the molecule is CC[C@H]1C[N@]2CC[C@H]1C[C@H]2[C@H](O)c1ccnc2ccc(OC)cc12.CNC. The third kappa shape index (κ3) is 4.10. The Bertz CT molecular complexity index is 751. The Morgan fingerprint density at radius 1 is 1.33 bits per heavy atom. The minimum atomic E-state index is -0.469. The number of hydrogen-bond donors (Lipinski definition) is 2. The zero-order valence-corrected chi connectivity index (χ0v) is 17.0. The third-order valence-electron chi connectivity index (χ3n) is 6.13. The van der Waals surface area contributed by atoms with Crippen molar-refractivity contribution in [2.75, 3.05) is 34.3 Å². The Morgan fingerprint density at radius 3 is 2.74 bits per heavy atom. The fraction of sp³-hybridized carbons (Fsp3) is 0.591. The molecule has 0 spiro atoms. The van der Waals surface area contributed by atoms with E-state index in [9.17, 15) is 5.11 Å². The van der Waals surface area contributed by atoms with Gasteiger partial charge in [-0.3, -0.25) is 9.88 Å². The number of benzene rings is 1. The van der Waals surface area contributed by atoms with Crippen molar-refractivity contribution >= 4 is 10.9 Å². The molecule has 3 aliphatic rings. The average Bonchev–Trinajstić information content (AvgIpc) is 2.73. The Balaban J connectivity index is 0.000000659. The maximum atomic E-state index is 11.2. The number of hydrogen-bond acceptors (Lipinski definition) is 5. The Hall–Kier alpha value is -1.69. The zero-order valence-electron chi connectivity index (χ0n) is 17.0. The molecule has 0 saturated carbocycles. The van der Waals surface area contributed by atoms with Gasteiger partial charge >= 0.3 is 0 Å². The number of methoxy groups -OCH3 is 1. The molecule has 0 radical (unpaired) electrons. The predicted molar refractivity (Wildman–Crippen MR) is 110 cm³/mol. The van der Waals surface area contributed by atoms with E-state index < -0.39 is 6.10 Å². The standard InChI is InChI=1S/C20H26N2O2.C2H7N/c1-3-13-12-22-9-7-14(13)10-19(22)20(23)16-6-8-21-18-5-4-15(24-2)11-17(16)18;1-3-2/h4-6,8,11,13-14,19-20,23H,3,7,9-10,12H2,1-2H3;3H,1-2H3/t13-,14-,19-,20+;/m0./s1. The molecule has 5 heteroatoms. The molecule has 2 bridgehead atoms. The summed E-state index contributed by atoms with van der Waals surface area (Å²) in [5.74, 6) is 2.37. The summed E-state index contributed by atoms with van der Waals surface area (Å²) in [7, 11) is 5.42. The summed E-state index contributed by atoms with van der Waals surface area (Å²) >= 11 is 0. The quantitative estimate of drug-likeness (QED) is 0.864. The smallest absolute Gasteiger partial charge is 0.119 e. The molecule has 3 aliphatic heterocycles. The highest BCUT2D eigenvalue weighted by atomic mass is 16.5. The van der Waals surface area contributed by atoms with Gasteiger partial charge in [-0.2, -0.15) is 0 Å². The van der Waals surface area contributed by atoms with Crippen LogP contribution in [0.15, 0.2) is 30.5 Å². The number of nitrogens with one attached hydrogen (secondary N) is 1. The monoisotopic (exact) mass is 371 g/mol. The lowest BCUT2D eigenvalue weighted by molar-refractivity contribution is -0.0562. The number of aliphatic hydroxyl groups excluding tert-OH is 1. The summed E-state index contributed by atoms with van der Waals surface area (Å²) in [6, 6.07) is 8.07. The van der Waals surface area contributed by atoms with Gasteiger partial charge in [0, 0.05) is 24.2 Å². The topological polar surface area (TPSA) is 57.6 Å². The second-order valence-corrected chi connectivity index (χ2v) is 7.74. The lowest BCUT2D eigenvalue weighted by Gasteiger charge is -2.51. The third-order valence-corrected chi connectivity index (χ3v) is 6.13. The van der Waals surface area contributed by atoms with Gasteiger partial charge in [0.05, 0.1) is 18.7 Å². The van der Waals surface area contributed by atoms with E-state index in [0.717, 1.165) is 53.6 Å². The van der Waals surface area contributed by atoms with E-state index in [2.05, 4.69) is 22.1 Å². The number of aromatic nitrogens is 1. The van der Waals surface area contributed by atoms with Crippen molar-refractivity contribution in [3.05, 3.63) is 36.0 Å². The minimum absolute atomic E-state index is 0.225. The fourth-order valence-corrected chi connectivity index (χ4v) is 4.71. The van der Waals surface area contributed by atoms with E-state index in [1.807, 2.05) is 38.4 Å². The molecule has 148 valence electrons. The van der Waals surface area contributed by atoms with Crippen LogP contribution in [0.3, 0.4) is 0 Å². The summed E-state index contributed by atoms with van der Waals surface area (Å²) in [6.45, 7) is 4.55. The van der Waals surface area contributed by atoms with E-state index >= 15 is 0 Å². The molecule has 5 rings (SSSR count). The van der Waals surface area contributed by atoms with Crippen LogP contribution in [-0.4, -0.2) is 55.3 Å². The first-order valence-electron chi connectivity index (χ1n) is 10.1. The van der Waals surface area contributed by atoms with Crippen LogP contribution in [0, 0.1) is 11.8 Å². The summed E-state index contributed by atoms with van der Waals surface area (Å²) in [4.78, 5) is 6.94. The number of piperidine rings is 3. The first-order valence-corrected chi connectivity index (χ1v) is 10.1. The van der Waals surface area contributed by atoms with Gasteiger partial charge in [0.15, 0.2) is 0 Å². The molecule has 5 nitrogen and oxygen atoms in total. The first kappa shape index (κ1) is 20.1. The van der Waals surface area contributed by atoms with Gasteiger partial charge in [-0.05, 0) is 75.1 Å². The highest BCUT2D eigenvalue weighted by Crippen LogP contribution is 2.42. The number of pyridine rings is 1. The van der Waals surface area contributed by atoms with Crippen LogP contribution in [0.2, 0.25) is 0 Å². The summed E-state index contributed by atoms with van der Waals surface area (Å²) in [5, 5.41) is 14.9. The summed E-state index contributed by atoms with van der Waals surface area (Å²) in [6.07, 6.45) is 4.97. The molecule has 1 aromatic carbocycles. The average molecular weight is 372 g/mol. The molecule has 3 saturated heterocycles. The van der Waals surface area contributed by atoms with Crippen LogP contribution in [-0.2, 0) is 0 Å². The molecule has 27 heavy (non-hydrogen) atoms. The van der Waals surface area contributed by atoms with Gasteiger partial charge in [0.2, 0.25) is 0 Å². The molecule has 0 aliphatic carbocycles. The van der Waals surface area contributed by atoms with Crippen molar-refractivity contribution < 1.29 is 9.84 Å². The Labute approximate surface area is 162 Å². The van der Waals surface area contributed by atoms with E-state index in [4.69, 9.17) is 4.74 Å². The van der Waals surface area contributed by atoms with Crippen molar-refractivity contribution in [3.8, 4) is 5.75 Å². The van der Waals surface area contributed by atoms with Crippen molar-refractivity contribution in [3.63, 3.8) is 0 Å². The van der Waals surface area contributed by atoms with Crippen LogP contribution in [0.1, 0.15) is 37.9 Å². The van der Waals surface area contributed by atoms with Gasteiger partial charge in [-0.15, -0.1) is 0 Å². The number of fused-ring (bicyclic) bond motifs is 4. The van der Waals surface area contributed by atoms with Crippen LogP contribution < -0.4 is 10.1 Å². The highest BCUT2D eigenvalue weighted by molar-refractivity contribution is 5.83. The van der Waals surface area contributed by atoms with E-state index in [1.165, 1.54) is 12.8 Å². The Morgan fingerprint density at radius 2 is 2.11 bits per heavy atom. The Kier molecular flexibility index (Phi) is 6.68. The zero-order chi connectivity index (χ0) is 19.4. The van der Waals surface area contributed by atoms with Crippen molar-refractivity contribution in [1.82, 2.24) is 15.2 Å². The predicted octanol–water partition coefficient (Wildman–Crippen LogP) is 3.23. The molecular weight excluding hydrogens is 338 g/mol. The normalized spacial score (nSPS) is 27.7. The maximum Gasteiger partial charge on any atom is 0.119 e. The largest absolute Gasteiger partial charge is 0.497 e. The molecule has 3 fully saturated rings. The second-order valence-electron chi connectivity index (χ2n) is 7.74. The molecule has 0 amide bonds. The highest BCUT2D eigenvalue weighted by Gasteiger charge is 2.42. The van der Waals surface area contributed by atoms with E-state index in [0.29, 0.717) is 0 Å². The van der Waals surface area contributed by atoms with Gasteiger partial charge in [0.1, 0.15) is 5.75 Å². The fourth-order valence-electron chi connectivity index (χ4n) is 4.71. The molecule has 1 aromatic heterocycles. The lowest BCUT2D eigenvalue weighted by Crippen LogP contribution is -2.55. The molecule has 2 N–H and O–H groups in total. The van der Waals surface area contributed by atoms with Crippen LogP contribution in [0.4, 0.5) is 0 Å². The number of nitrogens with zero attached hydrogens (tertiary/aromatic N) is 2. The minimum Gasteiger partial charge on any atom is -0.497 e. The summed E-state index contributed by atoms with van der Waals surface area (Å²) < 4.78 is 5.36. The summed E-state index contributed by atoms with van der Waals surface area (Å²) in [5.41, 5.74) is 1.89. The van der Waals surface area contributed by atoms with Crippen LogP contribution >= 0.6 is 0 Å². The van der Waals surface area contributed by atoms with Crippen molar-refractivity contribution in [2.45, 2.75) is 38.3 Å². The maximum absolute atomic E-state index is 11.2. The van der Waals surface area contributed by atoms with Crippen LogP contribution in [0.25, 0.3) is 10.9 Å². The molecule has 5 atom stereocenters. The van der Waals surface area contributed by atoms with Crippen molar-refractivity contribution in [1.29, 1.82) is 0 Å². The van der Waals surface area contributed by atoms with Gasteiger partial charge in [0.25, 0.3) is 0 Å². The van der Waals surface area contributed by atoms with Crippen molar-refractivity contribution in [2.24, 2.45) is 11.8 Å². The lowest BCUT2D eigenvalue weighted by atomic mass is 9.72.